The standard InChI is InChI=1S/C22H22ClN5O3/c1-14(29)27-9-11-28(12-10-27)18-8-7-15(13-16(18)23)24-21(30)20-22(31)26(2)19-6-4-3-5-17(19)25-20/h3-8,13H,9-12H2,1-2H3,(H,24,30). The number of nitrogens with zero attached hydrogens (tertiary/aromatic N) is 4. The second-order valence-electron chi connectivity index (χ2n) is 7.43. The van der Waals surface area contributed by atoms with E-state index in [0.717, 1.165) is 5.69 Å². The second kappa shape index (κ2) is 8.39. The summed E-state index contributed by atoms with van der Waals surface area (Å²) in [7, 11) is 1.61. The minimum atomic E-state index is -0.592. The minimum absolute atomic E-state index is 0.0669. The average molecular weight is 440 g/mol. The van der Waals surface area contributed by atoms with Gasteiger partial charge in [-0.3, -0.25) is 14.4 Å². The molecule has 1 aromatic heterocycles. The van der Waals surface area contributed by atoms with Crippen LogP contribution < -0.4 is 15.8 Å². The maximum atomic E-state index is 12.8. The van der Waals surface area contributed by atoms with Crippen molar-refractivity contribution in [3.05, 3.63) is 63.5 Å². The quantitative estimate of drug-likeness (QED) is 0.677. The maximum absolute atomic E-state index is 12.8. The molecule has 3 aromatic rings. The number of carbonyl (C=O) groups is 2. The molecule has 9 heteroatoms. The van der Waals surface area contributed by atoms with Gasteiger partial charge in [0.2, 0.25) is 5.91 Å². The van der Waals surface area contributed by atoms with Crippen LogP contribution in [0.4, 0.5) is 11.4 Å². The van der Waals surface area contributed by atoms with Gasteiger partial charge in [0.1, 0.15) is 0 Å². The molecule has 1 N–H and O–H groups in total. The monoisotopic (exact) mass is 439 g/mol. The molecule has 0 spiro atoms. The molecular formula is C22H22ClN5O3. The van der Waals surface area contributed by atoms with Crippen LogP contribution in [0.25, 0.3) is 11.0 Å². The van der Waals surface area contributed by atoms with Gasteiger partial charge in [-0.15, -0.1) is 0 Å². The van der Waals surface area contributed by atoms with E-state index < -0.39 is 11.5 Å². The fraction of sp³-hybridized carbons (Fsp3) is 0.273. The number of anilines is 2. The number of amides is 2. The molecule has 2 aromatic carbocycles. The molecule has 0 saturated carbocycles. The van der Waals surface area contributed by atoms with Gasteiger partial charge in [-0.1, -0.05) is 23.7 Å². The molecule has 1 saturated heterocycles. The molecule has 0 radical (unpaired) electrons. The molecule has 0 aliphatic carbocycles. The van der Waals surface area contributed by atoms with Gasteiger partial charge in [0.05, 0.1) is 21.7 Å². The Morgan fingerprint density at radius 1 is 1.06 bits per heavy atom. The van der Waals surface area contributed by atoms with Crippen LogP contribution in [0.5, 0.6) is 0 Å². The summed E-state index contributed by atoms with van der Waals surface area (Å²) in [6.07, 6.45) is 0. The zero-order chi connectivity index (χ0) is 22.1. The number of carbonyl (C=O) groups excluding carboxylic acids is 2. The topological polar surface area (TPSA) is 87.5 Å². The van der Waals surface area contributed by atoms with Gasteiger partial charge < -0.3 is 19.7 Å². The first-order valence-electron chi connectivity index (χ1n) is 9.92. The van der Waals surface area contributed by atoms with E-state index in [2.05, 4.69) is 15.2 Å². The number of para-hydroxylation sites is 2. The zero-order valence-corrected chi connectivity index (χ0v) is 18.0. The van der Waals surface area contributed by atoms with Gasteiger partial charge in [-0.05, 0) is 30.3 Å². The lowest BCUT2D eigenvalue weighted by Crippen LogP contribution is -2.48. The predicted octanol–water partition coefficient (Wildman–Crippen LogP) is 2.51. The Morgan fingerprint density at radius 3 is 2.45 bits per heavy atom. The molecular weight excluding hydrogens is 418 g/mol. The third-order valence-corrected chi connectivity index (χ3v) is 5.77. The largest absolute Gasteiger partial charge is 0.367 e. The van der Waals surface area contributed by atoms with Crippen molar-refractivity contribution in [3.63, 3.8) is 0 Å². The van der Waals surface area contributed by atoms with Crippen molar-refractivity contribution in [1.29, 1.82) is 0 Å². The van der Waals surface area contributed by atoms with E-state index in [0.29, 0.717) is 47.9 Å². The third-order valence-electron chi connectivity index (χ3n) is 5.47. The lowest BCUT2D eigenvalue weighted by atomic mass is 10.2. The highest BCUT2D eigenvalue weighted by atomic mass is 35.5. The summed E-state index contributed by atoms with van der Waals surface area (Å²) in [5, 5.41) is 3.19. The third kappa shape index (κ3) is 4.11. The van der Waals surface area contributed by atoms with Gasteiger partial charge in [-0.2, -0.15) is 0 Å². The molecule has 8 nitrogen and oxygen atoms in total. The molecule has 1 fully saturated rings. The first-order chi connectivity index (χ1) is 14.8. The molecule has 1 aliphatic rings. The van der Waals surface area contributed by atoms with Crippen LogP contribution >= 0.6 is 11.6 Å². The van der Waals surface area contributed by atoms with Crippen LogP contribution in [0.2, 0.25) is 5.02 Å². The van der Waals surface area contributed by atoms with Crippen molar-refractivity contribution < 1.29 is 9.59 Å². The van der Waals surface area contributed by atoms with Crippen LogP contribution in [-0.4, -0.2) is 52.4 Å². The highest BCUT2D eigenvalue weighted by molar-refractivity contribution is 6.33. The van der Waals surface area contributed by atoms with Crippen LogP contribution in [0.15, 0.2) is 47.3 Å². The lowest BCUT2D eigenvalue weighted by Gasteiger charge is -2.36. The van der Waals surface area contributed by atoms with Crippen molar-refractivity contribution >= 4 is 45.8 Å². The van der Waals surface area contributed by atoms with Crippen LogP contribution in [0.3, 0.4) is 0 Å². The zero-order valence-electron chi connectivity index (χ0n) is 17.3. The van der Waals surface area contributed by atoms with Gasteiger partial charge in [0.25, 0.3) is 11.5 Å². The van der Waals surface area contributed by atoms with Gasteiger partial charge >= 0.3 is 0 Å². The van der Waals surface area contributed by atoms with E-state index >= 15 is 0 Å². The summed E-state index contributed by atoms with van der Waals surface area (Å²) in [6.45, 7) is 4.21. The normalized spacial score (nSPS) is 14.0. The molecule has 31 heavy (non-hydrogen) atoms. The number of halogens is 1. The van der Waals surface area contributed by atoms with E-state index in [1.54, 1.807) is 49.2 Å². The molecule has 1 aliphatic heterocycles. The summed E-state index contributed by atoms with van der Waals surface area (Å²) in [6, 6.07) is 12.4. The molecule has 0 bridgehead atoms. The van der Waals surface area contributed by atoms with E-state index in [4.69, 9.17) is 11.6 Å². The summed E-state index contributed by atoms with van der Waals surface area (Å²) in [5.41, 5.74) is 1.87. The van der Waals surface area contributed by atoms with Crippen molar-refractivity contribution in [2.75, 3.05) is 36.4 Å². The Balaban J connectivity index is 1.53. The Labute approximate surface area is 184 Å². The number of rotatable bonds is 3. The Hall–Kier alpha value is -3.39. The van der Waals surface area contributed by atoms with Crippen LogP contribution in [0, 0.1) is 0 Å². The Bertz CT molecular complexity index is 1230. The van der Waals surface area contributed by atoms with Gasteiger partial charge in [-0.25, -0.2) is 4.98 Å². The van der Waals surface area contributed by atoms with E-state index in [1.807, 2.05) is 12.1 Å². The van der Waals surface area contributed by atoms with E-state index in [9.17, 15) is 14.4 Å². The molecule has 160 valence electrons. The number of aryl methyl sites for hydroxylation is 1. The van der Waals surface area contributed by atoms with E-state index in [1.165, 1.54) is 4.57 Å². The van der Waals surface area contributed by atoms with E-state index in [-0.39, 0.29) is 11.6 Å². The smallest absolute Gasteiger partial charge is 0.282 e. The summed E-state index contributed by atoms with van der Waals surface area (Å²) in [5.74, 6) is -0.525. The molecule has 4 rings (SSSR count). The van der Waals surface area contributed by atoms with Crippen LogP contribution in [-0.2, 0) is 11.8 Å². The van der Waals surface area contributed by atoms with Crippen molar-refractivity contribution in [3.8, 4) is 0 Å². The maximum Gasteiger partial charge on any atom is 0.282 e. The summed E-state index contributed by atoms with van der Waals surface area (Å²) >= 11 is 6.47. The van der Waals surface area contributed by atoms with Crippen molar-refractivity contribution in [1.82, 2.24) is 14.5 Å². The first-order valence-corrected chi connectivity index (χ1v) is 10.3. The SMILES string of the molecule is CC(=O)N1CCN(c2ccc(NC(=O)c3nc4ccccc4n(C)c3=O)cc2Cl)CC1. The van der Waals surface area contributed by atoms with Crippen molar-refractivity contribution in [2.24, 2.45) is 7.05 Å². The Morgan fingerprint density at radius 2 is 1.77 bits per heavy atom. The number of piperazine rings is 1. The second-order valence-corrected chi connectivity index (χ2v) is 7.83. The molecule has 2 heterocycles. The number of hydrogen-bond acceptors (Lipinski definition) is 5. The lowest BCUT2D eigenvalue weighted by molar-refractivity contribution is -0.129. The average Bonchev–Trinajstić information content (AvgIpc) is 2.76. The minimum Gasteiger partial charge on any atom is -0.367 e. The predicted molar refractivity (Wildman–Crippen MR) is 121 cm³/mol. The number of aromatic nitrogens is 2. The molecule has 0 unspecified atom stereocenters. The van der Waals surface area contributed by atoms with Crippen molar-refractivity contribution in [2.45, 2.75) is 6.92 Å². The highest BCUT2D eigenvalue weighted by Crippen LogP contribution is 2.30. The Kier molecular flexibility index (Phi) is 5.65. The number of nitrogens with one attached hydrogen (secondary N) is 1. The fourth-order valence-corrected chi connectivity index (χ4v) is 4.02. The number of fused-ring (bicyclic) bond motifs is 1. The summed E-state index contributed by atoms with van der Waals surface area (Å²) < 4.78 is 1.41. The first kappa shape index (κ1) is 20.9. The van der Waals surface area contributed by atoms with Gasteiger partial charge in [0, 0.05) is 45.8 Å². The summed E-state index contributed by atoms with van der Waals surface area (Å²) in [4.78, 5) is 45.0. The van der Waals surface area contributed by atoms with Crippen LogP contribution in [0.1, 0.15) is 17.4 Å². The number of benzene rings is 2. The molecule has 2 amide bonds. The fourth-order valence-electron chi connectivity index (χ4n) is 3.72. The molecule has 0 atom stereocenters. The highest BCUT2D eigenvalue weighted by Gasteiger charge is 2.21. The number of hydrogen-bond donors (Lipinski definition) is 1. The van der Waals surface area contributed by atoms with Gasteiger partial charge in [0.15, 0.2) is 5.69 Å².